The number of carbonyl (C=O) groups is 1. The first-order chi connectivity index (χ1) is 9.11. The smallest absolute Gasteiger partial charge is 0.352 e. The van der Waals surface area contributed by atoms with Crippen molar-refractivity contribution in [1.82, 2.24) is 0 Å². The highest BCUT2D eigenvalue weighted by Crippen LogP contribution is 2.45. The molecule has 1 saturated heterocycles. The average molecular weight is 270 g/mol. The number of esters is 1. The highest BCUT2D eigenvalue weighted by molar-refractivity contribution is 5.83. The molecule has 2 fully saturated rings. The van der Waals surface area contributed by atoms with E-state index in [-0.39, 0.29) is 0 Å². The van der Waals surface area contributed by atoms with Crippen LogP contribution in [0.15, 0.2) is 12.2 Å². The maximum Gasteiger partial charge on any atom is 0.352 e. The van der Waals surface area contributed by atoms with Crippen molar-refractivity contribution in [3.8, 4) is 0 Å². The standard InChI is InChI=1S/C14H19FO4/c1-17-10-6-5-7-11-14(10,15)12(16)19-13(18-11)8-3-2-4-9-13/h5-6,10-11H,2-4,7-9H2,1H3/t10-,11+,14+/m0/s1. The Bertz CT molecular complexity index is 402. The van der Waals surface area contributed by atoms with Crippen LogP contribution in [-0.4, -0.2) is 36.7 Å². The van der Waals surface area contributed by atoms with Crippen LogP contribution >= 0.6 is 0 Å². The molecule has 0 radical (unpaired) electrons. The molecule has 5 heteroatoms. The predicted molar refractivity (Wildman–Crippen MR) is 65.2 cm³/mol. The molecule has 19 heavy (non-hydrogen) atoms. The van der Waals surface area contributed by atoms with Crippen molar-refractivity contribution < 1.29 is 23.4 Å². The molecule has 1 heterocycles. The van der Waals surface area contributed by atoms with Crippen molar-refractivity contribution in [1.29, 1.82) is 0 Å². The fourth-order valence-electron chi connectivity index (χ4n) is 3.29. The zero-order valence-electron chi connectivity index (χ0n) is 11.1. The molecular formula is C14H19FO4. The molecule has 106 valence electrons. The summed E-state index contributed by atoms with van der Waals surface area (Å²) in [5.74, 6) is -1.74. The summed E-state index contributed by atoms with van der Waals surface area (Å²) in [4.78, 5) is 12.2. The number of methoxy groups -OCH3 is 1. The van der Waals surface area contributed by atoms with Crippen molar-refractivity contribution in [2.24, 2.45) is 0 Å². The number of rotatable bonds is 1. The van der Waals surface area contributed by atoms with Crippen LogP contribution in [0.3, 0.4) is 0 Å². The predicted octanol–water partition coefficient (Wildman–Crippen LogP) is 2.27. The number of hydrogen-bond acceptors (Lipinski definition) is 4. The van der Waals surface area contributed by atoms with Gasteiger partial charge in [-0.25, -0.2) is 9.18 Å². The third-order valence-electron chi connectivity index (χ3n) is 4.36. The van der Waals surface area contributed by atoms with E-state index < -0.39 is 29.6 Å². The van der Waals surface area contributed by atoms with E-state index >= 15 is 4.39 Å². The number of fused-ring (bicyclic) bond motifs is 1. The van der Waals surface area contributed by atoms with Crippen molar-refractivity contribution >= 4 is 5.97 Å². The number of alkyl halides is 1. The summed E-state index contributed by atoms with van der Waals surface area (Å²) in [6.07, 6.45) is 6.35. The SMILES string of the molecule is CO[C@H]1C=CC[C@H]2OC3(CCCCC3)OC(=O)[C@@]12F. The van der Waals surface area contributed by atoms with E-state index in [9.17, 15) is 4.79 Å². The number of ether oxygens (including phenoxy) is 3. The Balaban J connectivity index is 1.89. The van der Waals surface area contributed by atoms with E-state index in [0.29, 0.717) is 19.3 Å². The van der Waals surface area contributed by atoms with Crippen LogP contribution in [0.2, 0.25) is 0 Å². The molecule has 1 aliphatic heterocycles. The Morgan fingerprint density at radius 2 is 2.11 bits per heavy atom. The van der Waals surface area contributed by atoms with E-state index in [1.54, 1.807) is 6.08 Å². The monoisotopic (exact) mass is 270 g/mol. The van der Waals surface area contributed by atoms with Gasteiger partial charge in [0.25, 0.3) is 5.67 Å². The molecule has 3 aliphatic rings. The lowest BCUT2D eigenvalue weighted by Gasteiger charge is -2.49. The second-order valence-corrected chi connectivity index (χ2v) is 5.56. The molecule has 0 unspecified atom stereocenters. The molecule has 0 aromatic heterocycles. The molecule has 1 spiro atoms. The Morgan fingerprint density at radius 3 is 2.79 bits per heavy atom. The summed E-state index contributed by atoms with van der Waals surface area (Å²) in [5, 5.41) is 0. The Hall–Kier alpha value is -0.940. The number of hydrogen-bond donors (Lipinski definition) is 0. The summed E-state index contributed by atoms with van der Waals surface area (Å²) < 4.78 is 31.3. The molecule has 0 bridgehead atoms. The molecule has 0 aromatic carbocycles. The first kappa shape index (κ1) is 13.1. The summed E-state index contributed by atoms with van der Waals surface area (Å²) in [5.41, 5.74) is -2.22. The topological polar surface area (TPSA) is 44.8 Å². The lowest BCUT2D eigenvalue weighted by atomic mass is 9.82. The molecule has 2 aliphatic carbocycles. The Labute approximate surface area is 111 Å². The van der Waals surface area contributed by atoms with Crippen LogP contribution in [-0.2, 0) is 19.0 Å². The van der Waals surface area contributed by atoms with Crippen LogP contribution in [0.25, 0.3) is 0 Å². The second-order valence-electron chi connectivity index (χ2n) is 5.56. The van der Waals surface area contributed by atoms with Crippen LogP contribution in [0, 0.1) is 0 Å². The molecule has 1 saturated carbocycles. The van der Waals surface area contributed by atoms with E-state index in [0.717, 1.165) is 19.3 Å². The zero-order chi connectivity index (χ0) is 13.5. The molecule has 3 atom stereocenters. The molecule has 4 nitrogen and oxygen atoms in total. The van der Waals surface area contributed by atoms with E-state index in [2.05, 4.69) is 0 Å². The van der Waals surface area contributed by atoms with Crippen LogP contribution < -0.4 is 0 Å². The molecule has 0 N–H and O–H groups in total. The van der Waals surface area contributed by atoms with Crippen LogP contribution in [0.4, 0.5) is 4.39 Å². The molecular weight excluding hydrogens is 251 g/mol. The maximum absolute atomic E-state index is 15.0. The van der Waals surface area contributed by atoms with Crippen molar-refractivity contribution in [2.45, 2.75) is 62.2 Å². The van der Waals surface area contributed by atoms with Crippen LogP contribution in [0.5, 0.6) is 0 Å². The van der Waals surface area contributed by atoms with Crippen molar-refractivity contribution in [2.75, 3.05) is 7.11 Å². The van der Waals surface area contributed by atoms with Gasteiger partial charge in [0.15, 0.2) is 0 Å². The van der Waals surface area contributed by atoms with Gasteiger partial charge in [-0.3, -0.25) is 0 Å². The van der Waals surface area contributed by atoms with Gasteiger partial charge in [0.05, 0.1) is 0 Å². The average Bonchev–Trinajstić information content (AvgIpc) is 2.41. The second kappa shape index (κ2) is 4.56. The Kier molecular flexibility index (Phi) is 3.14. The maximum atomic E-state index is 15.0. The van der Waals surface area contributed by atoms with Gasteiger partial charge in [-0.05, 0) is 19.3 Å². The minimum atomic E-state index is -2.22. The quantitative estimate of drug-likeness (QED) is 0.541. The van der Waals surface area contributed by atoms with E-state index in [1.165, 1.54) is 7.11 Å². The third-order valence-corrected chi connectivity index (χ3v) is 4.36. The fourth-order valence-corrected chi connectivity index (χ4v) is 3.29. The van der Waals surface area contributed by atoms with Gasteiger partial charge in [0.1, 0.15) is 12.2 Å². The minimum absolute atomic E-state index is 0.382. The minimum Gasteiger partial charge on any atom is -0.431 e. The van der Waals surface area contributed by atoms with E-state index in [4.69, 9.17) is 14.2 Å². The summed E-state index contributed by atoms with van der Waals surface area (Å²) in [6, 6.07) is 0. The van der Waals surface area contributed by atoms with Gasteiger partial charge in [0.2, 0.25) is 5.79 Å². The molecule has 0 amide bonds. The first-order valence-corrected chi connectivity index (χ1v) is 6.90. The Morgan fingerprint density at radius 1 is 1.37 bits per heavy atom. The normalized spacial score (nSPS) is 40.8. The van der Waals surface area contributed by atoms with Gasteiger partial charge >= 0.3 is 5.97 Å². The summed E-state index contributed by atoms with van der Waals surface area (Å²) in [7, 11) is 1.39. The highest BCUT2D eigenvalue weighted by atomic mass is 19.1. The van der Waals surface area contributed by atoms with Crippen molar-refractivity contribution in [3.05, 3.63) is 12.2 Å². The van der Waals surface area contributed by atoms with E-state index in [1.807, 2.05) is 6.08 Å². The van der Waals surface area contributed by atoms with Gasteiger partial charge in [-0.2, -0.15) is 0 Å². The lowest BCUT2D eigenvalue weighted by molar-refractivity contribution is -0.323. The van der Waals surface area contributed by atoms with Crippen LogP contribution in [0.1, 0.15) is 38.5 Å². The number of halogens is 1. The first-order valence-electron chi connectivity index (χ1n) is 6.90. The van der Waals surface area contributed by atoms with Crippen molar-refractivity contribution in [3.63, 3.8) is 0 Å². The van der Waals surface area contributed by atoms with Gasteiger partial charge < -0.3 is 14.2 Å². The summed E-state index contributed by atoms with van der Waals surface area (Å²) >= 11 is 0. The largest absolute Gasteiger partial charge is 0.431 e. The third kappa shape index (κ3) is 1.91. The molecule has 0 aromatic rings. The van der Waals surface area contributed by atoms with Gasteiger partial charge in [-0.15, -0.1) is 0 Å². The van der Waals surface area contributed by atoms with Gasteiger partial charge in [0, 0.05) is 20.0 Å². The number of carbonyl (C=O) groups excluding carboxylic acids is 1. The molecule has 3 rings (SSSR count). The lowest BCUT2D eigenvalue weighted by Crippen LogP contribution is -2.66. The fraction of sp³-hybridized carbons (Fsp3) is 0.786. The highest BCUT2D eigenvalue weighted by Gasteiger charge is 2.63. The zero-order valence-corrected chi connectivity index (χ0v) is 11.1. The van der Waals surface area contributed by atoms with Gasteiger partial charge in [-0.1, -0.05) is 18.6 Å². The summed E-state index contributed by atoms with van der Waals surface area (Å²) in [6.45, 7) is 0.